The fourth-order valence-electron chi connectivity index (χ4n) is 3.68. The number of methoxy groups -OCH3 is 1. The van der Waals surface area contributed by atoms with Crippen LogP contribution in [0, 0.1) is 5.82 Å². The van der Waals surface area contributed by atoms with Crippen molar-refractivity contribution in [3.8, 4) is 11.5 Å². The predicted molar refractivity (Wildman–Crippen MR) is 128 cm³/mol. The molecule has 0 spiro atoms. The van der Waals surface area contributed by atoms with Gasteiger partial charge < -0.3 is 19.7 Å². The molecule has 0 saturated carbocycles. The van der Waals surface area contributed by atoms with Crippen molar-refractivity contribution < 1.29 is 18.7 Å². The zero-order chi connectivity index (χ0) is 23.6. The Balaban J connectivity index is 1.45. The molecule has 1 amide bonds. The molecule has 1 aliphatic rings. The predicted octanol–water partition coefficient (Wildman–Crippen LogP) is 3.98. The number of ether oxygens (including phenoxy) is 2. The van der Waals surface area contributed by atoms with E-state index in [0.717, 1.165) is 48.7 Å². The third-order valence-electron chi connectivity index (χ3n) is 5.51. The van der Waals surface area contributed by atoms with Gasteiger partial charge >= 0.3 is 0 Å². The van der Waals surface area contributed by atoms with E-state index < -0.39 is 0 Å². The van der Waals surface area contributed by atoms with Crippen molar-refractivity contribution in [3.05, 3.63) is 84.3 Å². The summed E-state index contributed by atoms with van der Waals surface area (Å²) in [6, 6.07) is 13.5. The number of benzene rings is 2. The first-order valence-electron chi connectivity index (χ1n) is 10.9. The first-order chi connectivity index (χ1) is 16.0. The number of para-hydroxylation sites is 1. The highest BCUT2D eigenvalue weighted by molar-refractivity contribution is 6.10. The fourth-order valence-corrected chi connectivity index (χ4v) is 3.68. The zero-order valence-electron chi connectivity index (χ0n) is 19.1. The normalized spacial score (nSPS) is 14.9. The van der Waals surface area contributed by atoms with Crippen molar-refractivity contribution in [2.24, 2.45) is 4.99 Å². The molecule has 2 aromatic carbocycles. The quantitative estimate of drug-likeness (QED) is 0.463. The Hall–Kier alpha value is -3.61. The Labute approximate surface area is 194 Å². The summed E-state index contributed by atoms with van der Waals surface area (Å²) in [4.78, 5) is 18.8. The molecule has 2 aromatic rings. The van der Waals surface area contributed by atoms with Crippen LogP contribution < -0.4 is 14.8 Å². The summed E-state index contributed by atoms with van der Waals surface area (Å²) >= 11 is 0. The molecule has 1 aliphatic heterocycles. The van der Waals surface area contributed by atoms with Crippen molar-refractivity contribution in [2.45, 2.75) is 18.9 Å². The summed E-state index contributed by atoms with van der Waals surface area (Å²) in [7, 11) is 3.40. The molecule has 1 heterocycles. The topological polar surface area (TPSA) is 63.2 Å². The van der Waals surface area contributed by atoms with Crippen LogP contribution in [0.5, 0.6) is 11.5 Å². The SMILES string of the molecule is C=C(/C=C\C(=NC)c1ccccc1OC)N1CCC(NC(=O)COc2ccc(F)cc2)CC1. The standard InChI is InChI=1S/C26H30FN3O3/c1-19(8-13-24(28-2)23-6-4-5-7-25(23)32-3)30-16-14-21(15-17-30)29-26(31)18-33-22-11-9-20(27)10-12-22/h4-13,21H,1,14-18H2,2-3H3,(H,29,31)/b13-8-,28-24?. The Morgan fingerprint density at radius 3 is 2.55 bits per heavy atom. The fraction of sp³-hybridized carbons (Fsp3) is 0.308. The van der Waals surface area contributed by atoms with E-state index in [-0.39, 0.29) is 24.4 Å². The lowest BCUT2D eigenvalue weighted by Crippen LogP contribution is -2.45. The van der Waals surface area contributed by atoms with Crippen LogP contribution in [0.25, 0.3) is 0 Å². The van der Waals surface area contributed by atoms with Gasteiger partial charge in [0.25, 0.3) is 5.91 Å². The lowest BCUT2D eigenvalue weighted by molar-refractivity contribution is -0.124. The summed E-state index contributed by atoms with van der Waals surface area (Å²) in [5, 5.41) is 3.01. The van der Waals surface area contributed by atoms with Crippen LogP contribution in [0.1, 0.15) is 18.4 Å². The van der Waals surface area contributed by atoms with Gasteiger partial charge in [-0.25, -0.2) is 4.39 Å². The number of halogens is 1. The van der Waals surface area contributed by atoms with Crippen molar-refractivity contribution in [1.82, 2.24) is 10.2 Å². The van der Waals surface area contributed by atoms with E-state index in [9.17, 15) is 9.18 Å². The van der Waals surface area contributed by atoms with E-state index in [1.54, 1.807) is 14.2 Å². The number of piperidine rings is 1. The number of nitrogens with zero attached hydrogens (tertiary/aromatic N) is 2. The number of amides is 1. The highest BCUT2D eigenvalue weighted by atomic mass is 19.1. The summed E-state index contributed by atoms with van der Waals surface area (Å²) < 4.78 is 23.8. The Morgan fingerprint density at radius 2 is 1.88 bits per heavy atom. The monoisotopic (exact) mass is 451 g/mol. The summed E-state index contributed by atoms with van der Waals surface area (Å²) in [6.45, 7) is 5.68. The van der Waals surface area contributed by atoms with Gasteiger partial charge in [0.05, 0.1) is 12.8 Å². The maximum atomic E-state index is 12.9. The highest BCUT2D eigenvalue weighted by Crippen LogP contribution is 2.20. The Morgan fingerprint density at radius 1 is 1.18 bits per heavy atom. The van der Waals surface area contributed by atoms with Crippen LogP contribution in [-0.2, 0) is 4.79 Å². The number of allylic oxidation sites excluding steroid dienone is 2. The third-order valence-corrected chi connectivity index (χ3v) is 5.51. The minimum atomic E-state index is -0.340. The second-order valence-corrected chi connectivity index (χ2v) is 7.71. The number of aliphatic imine (C=N–C) groups is 1. The van der Waals surface area contributed by atoms with Crippen LogP contribution in [0.4, 0.5) is 4.39 Å². The highest BCUT2D eigenvalue weighted by Gasteiger charge is 2.21. The number of hydrogen-bond acceptors (Lipinski definition) is 5. The maximum Gasteiger partial charge on any atom is 0.258 e. The van der Waals surface area contributed by atoms with Gasteiger partial charge in [-0.3, -0.25) is 9.79 Å². The van der Waals surface area contributed by atoms with Crippen molar-refractivity contribution >= 4 is 11.6 Å². The Kier molecular flexibility index (Phi) is 8.63. The molecule has 0 aliphatic carbocycles. The molecule has 0 radical (unpaired) electrons. The first-order valence-corrected chi connectivity index (χ1v) is 10.9. The molecule has 1 saturated heterocycles. The van der Waals surface area contributed by atoms with Gasteiger partial charge in [0.15, 0.2) is 6.61 Å². The number of rotatable bonds is 9. The molecular weight excluding hydrogens is 421 g/mol. The van der Waals surface area contributed by atoms with Gasteiger partial charge in [-0.2, -0.15) is 0 Å². The van der Waals surface area contributed by atoms with Crippen LogP contribution in [0.2, 0.25) is 0 Å². The molecule has 33 heavy (non-hydrogen) atoms. The molecule has 0 unspecified atom stereocenters. The number of hydrogen-bond donors (Lipinski definition) is 1. The van der Waals surface area contributed by atoms with E-state index in [1.807, 2.05) is 36.4 Å². The van der Waals surface area contributed by atoms with E-state index in [0.29, 0.717) is 5.75 Å². The van der Waals surface area contributed by atoms with Crippen LogP contribution in [0.3, 0.4) is 0 Å². The average molecular weight is 452 g/mol. The summed E-state index contributed by atoms with van der Waals surface area (Å²) in [5.74, 6) is 0.714. The summed E-state index contributed by atoms with van der Waals surface area (Å²) in [5.41, 5.74) is 2.64. The van der Waals surface area contributed by atoms with Crippen molar-refractivity contribution in [2.75, 3.05) is 33.9 Å². The average Bonchev–Trinajstić information content (AvgIpc) is 2.84. The Bertz CT molecular complexity index is 1010. The van der Waals surface area contributed by atoms with Crippen molar-refractivity contribution in [1.29, 1.82) is 0 Å². The lowest BCUT2D eigenvalue weighted by Gasteiger charge is -2.34. The first kappa shape index (κ1) is 24.0. The van der Waals surface area contributed by atoms with Crippen LogP contribution in [-0.4, -0.2) is 56.4 Å². The van der Waals surface area contributed by atoms with E-state index in [1.165, 1.54) is 24.3 Å². The maximum absolute atomic E-state index is 12.9. The van der Waals surface area contributed by atoms with Crippen LogP contribution >= 0.6 is 0 Å². The van der Waals surface area contributed by atoms with Gasteiger partial charge in [-0.15, -0.1) is 0 Å². The third kappa shape index (κ3) is 6.94. The molecule has 174 valence electrons. The number of carbonyl (C=O) groups excluding carboxylic acids is 1. The molecule has 0 aromatic heterocycles. The summed E-state index contributed by atoms with van der Waals surface area (Å²) in [6.07, 6.45) is 5.54. The molecule has 0 bridgehead atoms. The minimum absolute atomic E-state index is 0.0868. The van der Waals surface area contributed by atoms with Gasteiger partial charge in [0.1, 0.15) is 17.3 Å². The van der Waals surface area contributed by atoms with Gasteiger partial charge in [-0.1, -0.05) is 18.7 Å². The van der Waals surface area contributed by atoms with Gasteiger partial charge in [0, 0.05) is 37.4 Å². The number of nitrogens with one attached hydrogen (secondary N) is 1. The van der Waals surface area contributed by atoms with Crippen LogP contribution in [0.15, 0.2) is 78.0 Å². The molecular formula is C26H30FN3O3. The molecule has 6 nitrogen and oxygen atoms in total. The second kappa shape index (κ2) is 11.9. The second-order valence-electron chi connectivity index (χ2n) is 7.71. The molecule has 1 N–H and O–H groups in total. The molecule has 1 fully saturated rings. The molecule has 7 heteroatoms. The largest absolute Gasteiger partial charge is 0.496 e. The molecule has 3 rings (SSSR count). The number of carbonyl (C=O) groups is 1. The van der Waals surface area contributed by atoms with E-state index in [4.69, 9.17) is 9.47 Å². The zero-order valence-corrected chi connectivity index (χ0v) is 19.1. The van der Waals surface area contributed by atoms with Crippen molar-refractivity contribution in [3.63, 3.8) is 0 Å². The van der Waals surface area contributed by atoms with E-state index >= 15 is 0 Å². The van der Waals surface area contributed by atoms with Gasteiger partial charge in [-0.05, 0) is 61.4 Å². The smallest absolute Gasteiger partial charge is 0.258 e. The van der Waals surface area contributed by atoms with E-state index in [2.05, 4.69) is 21.8 Å². The van der Waals surface area contributed by atoms with Gasteiger partial charge in [0.2, 0.25) is 0 Å². The minimum Gasteiger partial charge on any atom is -0.496 e. The molecule has 0 atom stereocenters. The lowest BCUT2D eigenvalue weighted by atomic mass is 10.0. The number of likely N-dealkylation sites (tertiary alicyclic amines) is 1.